The summed E-state index contributed by atoms with van der Waals surface area (Å²) in [6.07, 6.45) is -3.75. The van der Waals surface area contributed by atoms with Crippen molar-refractivity contribution in [3.05, 3.63) is 40.9 Å². The maximum absolute atomic E-state index is 12.5. The van der Waals surface area contributed by atoms with Crippen molar-refractivity contribution >= 4 is 29.4 Å². The van der Waals surface area contributed by atoms with Gasteiger partial charge in [-0.1, -0.05) is 17.8 Å². The van der Waals surface area contributed by atoms with Crippen LogP contribution in [0.15, 0.2) is 38.9 Å². The predicted octanol–water partition coefficient (Wildman–Crippen LogP) is 4.13. The molecule has 94 valence electrons. The van der Waals surface area contributed by atoms with E-state index in [1.165, 1.54) is 17.4 Å². The third kappa shape index (κ3) is 3.11. The summed E-state index contributed by atoms with van der Waals surface area (Å²) >= 11 is 2.32. The number of halogens is 3. The lowest BCUT2D eigenvalue weighted by molar-refractivity contribution is -0.137. The number of thiazole rings is 1. The lowest BCUT2D eigenvalue weighted by Crippen LogP contribution is -2.04. The van der Waals surface area contributed by atoms with Crippen LogP contribution in [0, 0.1) is 0 Å². The van der Waals surface area contributed by atoms with Crippen molar-refractivity contribution in [1.29, 1.82) is 0 Å². The zero-order chi connectivity index (χ0) is 13.2. The van der Waals surface area contributed by atoms with Crippen molar-refractivity contribution in [3.8, 4) is 0 Å². The number of benzene rings is 1. The molecule has 0 aliphatic carbocycles. The minimum absolute atomic E-state index is 0.287. The molecule has 0 radical (unpaired) electrons. The highest BCUT2D eigenvalue weighted by Crippen LogP contribution is 2.35. The van der Waals surface area contributed by atoms with Crippen molar-refractivity contribution < 1.29 is 18.0 Å². The average Bonchev–Trinajstić information content (AvgIpc) is 2.76. The summed E-state index contributed by atoms with van der Waals surface area (Å²) in [4.78, 5) is 14.8. The normalized spacial score (nSPS) is 11.5. The number of carbonyl (C=O) groups is 1. The van der Waals surface area contributed by atoms with E-state index < -0.39 is 11.7 Å². The molecule has 1 aromatic heterocycles. The molecule has 0 aliphatic rings. The molecule has 0 N–H and O–H groups in total. The minimum Gasteiger partial charge on any atom is -0.296 e. The Morgan fingerprint density at radius 2 is 2.11 bits per heavy atom. The molecule has 0 aliphatic heterocycles. The summed E-state index contributed by atoms with van der Waals surface area (Å²) in [6.45, 7) is 0. The first-order valence-electron chi connectivity index (χ1n) is 4.75. The first-order chi connectivity index (χ1) is 8.49. The number of aromatic nitrogens is 1. The van der Waals surface area contributed by atoms with Crippen molar-refractivity contribution in [2.24, 2.45) is 0 Å². The van der Waals surface area contributed by atoms with Gasteiger partial charge in [0.15, 0.2) is 10.6 Å². The molecule has 1 aromatic carbocycles. The Kier molecular flexibility index (Phi) is 3.72. The van der Waals surface area contributed by atoms with E-state index in [0.29, 0.717) is 15.5 Å². The lowest BCUT2D eigenvalue weighted by atomic mass is 10.2. The highest BCUT2D eigenvalue weighted by atomic mass is 32.2. The van der Waals surface area contributed by atoms with Gasteiger partial charge in [0.25, 0.3) is 0 Å². The van der Waals surface area contributed by atoms with E-state index in [-0.39, 0.29) is 5.69 Å². The van der Waals surface area contributed by atoms with Gasteiger partial charge in [0, 0.05) is 10.3 Å². The summed E-state index contributed by atoms with van der Waals surface area (Å²) in [6, 6.07) is 5.00. The Hall–Kier alpha value is -1.34. The van der Waals surface area contributed by atoms with Crippen LogP contribution in [0.25, 0.3) is 0 Å². The largest absolute Gasteiger partial charge is 0.416 e. The molecule has 0 spiro atoms. The quantitative estimate of drug-likeness (QED) is 0.796. The molecule has 2 aromatic rings. The highest BCUT2D eigenvalue weighted by Gasteiger charge is 2.30. The van der Waals surface area contributed by atoms with E-state index in [9.17, 15) is 18.0 Å². The number of hydrogen-bond donors (Lipinski definition) is 0. The molecule has 2 rings (SSSR count). The van der Waals surface area contributed by atoms with Gasteiger partial charge >= 0.3 is 6.18 Å². The third-order valence-electron chi connectivity index (χ3n) is 1.99. The maximum atomic E-state index is 12.5. The number of aldehydes is 1. The van der Waals surface area contributed by atoms with E-state index >= 15 is 0 Å². The number of alkyl halides is 3. The number of hydrogen-bond acceptors (Lipinski definition) is 4. The van der Waals surface area contributed by atoms with Crippen molar-refractivity contribution in [1.82, 2.24) is 4.98 Å². The van der Waals surface area contributed by atoms with E-state index in [1.807, 2.05) is 0 Å². The Morgan fingerprint density at radius 1 is 1.33 bits per heavy atom. The second-order valence-electron chi connectivity index (χ2n) is 3.28. The van der Waals surface area contributed by atoms with Gasteiger partial charge in [-0.05, 0) is 18.2 Å². The predicted molar refractivity (Wildman–Crippen MR) is 63.1 cm³/mol. The molecule has 2 nitrogen and oxygen atoms in total. The smallest absolute Gasteiger partial charge is 0.296 e. The van der Waals surface area contributed by atoms with Crippen LogP contribution in [0.4, 0.5) is 13.2 Å². The van der Waals surface area contributed by atoms with Crippen LogP contribution in [0.3, 0.4) is 0 Å². The first kappa shape index (κ1) is 13.1. The Bertz CT molecular complexity index is 565. The zero-order valence-corrected chi connectivity index (χ0v) is 10.4. The molecule has 0 saturated heterocycles. The summed E-state index contributed by atoms with van der Waals surface area (Å²) in [5.41, 5.74) is -0.408. The summed E-state index contributed by atoms with van der Waals surface area (Å²) < 4.78 is 38.0. The molecule has 0 amide bonds. The van der Waals surface area contributed by atoms with E-state index in [1.54, 1.807) is 11.4 Å². The molecule has 0 bridgehead atoms. The lowest BCUT2D eigenvalue weighted by Gasteiger charge is -2.07. The number of nitrogens with zero attached hydrogens (tertiary/aromatic N) is 1. The second-order valence-corrected chi connectivity index (χ2v) is 5.46. The van der Waals surface area contributed by atoms with Crippen molar-refractivity contribution in [2.75, 3.05) is 0 Å². The standard InChI is InChI=1S/C11H6F3NOS2/c12-11(13,14)7-2-1-3-9(4-7)18-10-15-8(5-16)6-17-10/h1-6H. The Morgan fingerprint density at radius 3 is 2.72 bits per heavy atom. The van der Waals surface area contributed by atoms with Crippen LogP contribution < -0.4 is 0 Å². The molecule has 1 heterocycles. The molecular weight excluding hydrogens is 283 g/mol. The minimum atomic E-state index is -4.35. The third-order valence-corrected chi connectivity index (χ3v) is 3.93. The highest BCUT2D eigenvalue weighted by molar-refractivity contribution is 8.01. The molecule has 0 fully saturated rings. The van der Waals surface area contributed by atoms with Gasteiger partial charge in [-0.2, -0.15) is 13.2 Å². The van der Waals surface area contributed by atoms with Crippen molar-refractivity contribution in [2.45, 2.75) is 15.4 Å². The van der Waals surface area contributed by atoms with Crippen LogP contribution in [-0.4, -0.2) is 11.3 Å². The van der Waals surface area contributed by atoms with E-state index in [0.717, 1.165) is 23.9 Å². The van der Waals surface area contributed by atoms with E-state index in [4.69, 9.17) is 0 Å². The van der Waals surface area contributed by atoms with Crippen LogP contribution in [0.5, 0.6) is 0 Å². The van der Waals surface area contributed by atoms with E-state index in [2.05, 4.69) is 4.98 Å². The number of carbonyl (C=O) groups excluding carboxylic acids is 1. The van der Waals surface area contributed by atoms with Gasteiger partial charge < -0.3 is 0 Å². The van der Waals surface area contributed by atoms with Crippen molar-refractivity contribution in [3.63, 3.8) is 0 Å². The first-order valence-corrected chi connectivity index (χ1v) is 6.44. The molecular formula is C11H6F3NOS2. The van der Waals surface area contributed by atoms with Gasteiger partial charge in [0.1, 0.15) is 5.69 Å². The fourth-order valence-corrected chi connectivity index (χ4v) is 3.01. The summed E-state index contributed by atoms with van der Waals surface area (Å²) in [5.74, 6) is 0. The maximum Gasteiger partial charge on any atom is 0.416 e. The topological polar surface area (TPSA) is 30.0 Å². The summed E-state index contributed by atoms with van der Waals surface area (Å²) in [5, 5.41) is 1.56. The fraction of sp³-hybridized carbons (Fsp3) is 0.0909. The molecule has 0 saturated carbocycles. The molecule has 7 heteroatoms. The molecule has 0 unspecified atom stereocenters. The van der Waals surface area contributed by atoms with Gasteiger partial charge in [0.2, 0.25) is 0 Å². The zero-order valence-electron chi connectivity index (χ0n) is 8.77. The van der Waals surface area contributed by atoms with Crippen LogP contribution in [-0.2, 0) is 6.18 Å². The van der Waals surface area contributed by atoms with Gasteiger partial charge in [-0.15, -0.1) is 11.3 Å². The van der Waals surface area contributed by atoms with Gasteiger partial charge in [-0.25, -0.2) is 4.98 Å². The summed E-state index contributed by atoms with van der Waals surface area (Å²) in [7, 11) is 0. The van der Waals surface area contributed by atoms with Crippen LogP contribution in [0.2, 0.25) is 0 Å². The second kappa shape index (κ2) is 5.11. The molecule has 0 atom stereocenters. The van der Waals surface area contributed by atoms with Crippen LogP contribution in [0.1, 0.15) is 16.1 Å². The van der Waals surface area contributed by atoms with Gasteiger partial charge in [-0.3, -0.25) is 4.79 Å². The molecule has 18 heavy (non-hydrogen) atoms. The number of rotatable bonds is 3. The monoisotopic (exact) mass is 289 g/mol. The van der Waals surface area contributed by atoms with Gasteiger partial charge in [0.05, 0.1) is 5.56 Å². The fourth-order valence-electron chi connectivity index (χ4n) is 1.21. The Balaban J connectivity index is 2.21. The SMILES string of the molecule is O=Cc1csc(Sc2cccc(C(F)(F)F)c2)n1. The Labute approximate surface area is 109 Å². The average molecular weight is 289 g/mol. The van der Waals surface area contributed by atoms with Crippen LogP contribution >= 0.6 is 23.1 Å².